The number of aryl methyl sites for hydroxylation is 2. The summed E-state index contributed by atoms with van der Waals surface area (Å²) in [7, 11) is 0. The molecule has 1 aromatic carbocycles. The minimum absolute atomic E-state index is 0.232. The van der Waals surface area contributed by atoms with Crippen LogP contribution >= 0.6 is 22.9 Å². The summed E-state index contributed by atoms with van der Waals surface area (Å²) < 4.78 is 0. The highest BCUT2D eigenvalue weighted by molar-refractivity contribution is 7.17. The van der Waals surface area contributed by atoms with Crippen molar-refractivity contribution >= 4 is 57.3 Å². The lowest BCUT2D eigenvalue weighted by Gasteiger charge is -2.29. The van der Waals surface area contributed by atoms with Crippen LogP contribution in [0, 0.1) is 30.1 Å². The van der Waals surface area contributed by atoms with Crippen molar-refractivity contribution in [3.63, 3.8) is 0 Å². The molecule has 4 heterocycles. The van der Waals surface area contributed by atoms with E-state index in [9.17, 15) is 24.4 Å². The Morgan fingerprint density at radius 1 is 1.28 bits per heavy atom. The molecule has 2 aromatic rings. The van der Waals surface area contributed by atoms with Gasteiger partial charge in [0, 0.05) is 22.9 Å². The summed E-state index contributed by atoms with van der Waals surface area (Å²) in [4.78, 5) is 55.7. The van der Waals surface area contributed by atoms with Crippen LogP contribution in [-0.4, -0.2) is 29.7 Å². The van der Waals surface area contributed by atoms with E-state index in [2.05, 4.69) is 16.7 Å². The molecule has 0 saturated carbocycles. The topological polar surface area (TPSA) is 145 Å². The van der Waals surface area contributed by atoms with Crippen LogP contribution in [0.1, 0.15) is 46.4 Å². The van der Waals surface area contributed by atoms with Gasteiger partial charge in [0.15, 0.2) is 0 Å². The first kappa shape index (κ1) is 23.2. The van der Waals surface area contributed by atoms with Crippen LogP contribution in [0.2, 0.25) is 5.02 Å². The molecule has 0 bridgehead atoms. The van der Waals surface area contributed by atoms with Gasteiger partial charge in [-0.3, -0.25) is 24.5 Å². The smallest absolute Gasteiger partial charge is 0.250 e. The van der Waals surface area contributed by atoms with Crippen molar-refractivity contribution in [3.05, 3.63) is 44.3 Å². The number of imide groups is 1. The maximum Gasteiger partial charge on any atom is 0.250 e. The van der Waals surface area contributed by atoms with E-state index in [-0.39, 0.29) is 6.42 Å². The first-order chi connectivity index (χ1) is 17.2. The Kier molecular flexibility index (Phi) is 5.06. The number of hydrogen-bond donors (Lipinski definition) is 3. The van der Waals surface area contributed by atoms with E-state index in [0.29, 0.717) is 26.8 Å². The molecule has 1 aromatic heterocycles. The van der Waals surface area contributed by atoms with Crippen molar-refractivity contribution in [2.24, 2.45) is 17.6 Å². The molecule has 4 N–H and O–H groups in total. The second-order valence-corrected chi connectivity index (χ2v) is 11.4. The van der Waals surface area contributed by atoms with Gasteiger partial charge in [0.2, 0.25) is 23.6 Å². The quantitative estimate of drug-likeness (QED) is 0.526. The Morgan fingerprint density at radius 2 is 2.03 bits per heavy atom. The summed E-state index contributed by atoms with van der Waals surface area (Å²) in [5, 5.41) is 16.5. The maximum atomic E-state index is 14.1. The number of nitrogens with zero attached hydrogens (tertiary/aromatic N) is 2. The molecule has 2 fully saturated rings. The number of carbonyl (C=O) groups is 4. The lowest BCUT2D eigenvalue weighted by molar-refractivity contribution is -0.130. The number of thiophene rings is 1. The number of primary amides is 1. The number of hydrogen-bond acceptors (Lipinski definition) is 7. The van der Waals surface area contributed by atoms with Gasteiger partial charge >= 0.3 is 0 Å². The predicted octanol–water partition coefficient (Wildman–Crippen LogP) is 2.26. The van der Waals surface area contributed by atoms with E-state index < -0.39 is 47.0 Å². The van der Waals surface area contributed by atoms with E-state index >= 15 is 0 Å². The van der Waals surface area contributed by atoms with Gasteiger partial charge in [-0.25, -0.2) is 4.90 Å². The third-order valence-electron chi connectivity index (χ3n) is 7.81. The molecular weight excluding hydrogens is 502 g/mol. The number of anilines is 2. The van der Waals surface area contributed by atoms with E-state index in [1.807, 2.05) is 6.92 Å². The lowest BCUT2D eigenvalue weighted by Crippen LogP contribution is -2.53. The predicted molar refractivity (Wildman–Crippen MR) is 132 cm³/mol. The van der Waals surface area contributed by atoms with Crippen LogP contribution in [0.15, 0.2) is 12.1 Å². The van der Waals surface area contributed by atoms with Crippen molar-refractivity contribution in [1.29, 1.82) is 5.26 Å². The average Bonchev–Trinajstić information content (AvgIpc) is 3.50. The summed E-state index contributed by atoms with van der Waals surface area (Å²) in [6, 6.07) is 4.84. The molecule has 11 heteroatoms. The van der Waals surface area contributed by atoms with E-state index in [4.69, 9.17) is 17.3 Å². The Balaban J connectivity index is 1.54. The molecule has 6 rings (SSSR count). The van der Waals surface area contributed by atoms with E-state index in [1.165, 1.54) is 11.3 Å². The number of rotatable bonds is 3. The minimum atomic E-state index is -1.60. The molecule has 3 aliphatic heterocycles. The summed E-state index contributed by atoms with van der Waals surface area (Å²) in [5.41, 5.74) is 6.77. The molecule has 36 heavy (non-hydrogen) atoms. The number of amides is 4. The van der Waals surface area contributed by atoms with Gasteiger partial charge in [-0.15, -0.1) is 11.3 Å². The van der Waals surface area contributed by atoms with E-state index in [1.54, 1.807) is 12.1 Å². The lowest BCUT2D eigenvalue weighted by atomic mass is 9.76. The van der Waals surface area contributed by atoms with Crippen molar-refractivity contribution < 1.29 is 19.2 Å². The van der Waals surface area contributed by atoms with Crippen LogP contribution in [-0.2, 0) is 37.6 Å². The average molecular weight is 524 g/mol. The highest BCUT2D eigenvalue weighted by atomic mass is 35.5. The molecule has 1 spiro atoms. The molecule has 4 aliphatic rings. The van der Waals surface area contributed by atoms with Gasteiger partial charge < -0.3 is 11.1 Å². The fraction of sp³-hybridized carbons (Fsp3) is 0.400. The summed E-state index contributed by atoms with van der Waals surface area (Å²) in [5.74, 6) is -4.41. The molecular formula is C25H22ClN5O4S. The maximum absolute atomic E-state index is 14.1. The summed E-state index contributed by atoms with van der Waals surface area (Å²) >= 11 is 7.73. The van der Waals surface area contributed by atoms with Crippen molar-refractivity contribution in [2.75, 3.05) is 10.2 Å². The number of halogens is 1. The monoisotopic (exact) mass is 523 g/mol. The molecule has 184 valence electrons. The number of benzene rings is 1. The van der Waals surface area contributed by atoms with Gasteiger partial charge in [0.05, 0.1) is 28.1 Å². The normalized spacial score (nSPS) is 28.2. The van der Waals surface area contributed by atoms with Gasteiger partial charge in [-0.2, -0.15) is 5.26 Å². The number of carbonyl (C=O) groups excluding carboxylic acids is 4. The molecule has 2 saturated heterocycles. The fourth-order valence-electron chi connectivity index (χ4n) is 6.41. The van der Waals surface area contributed by atoms with Crippen LogP contribution in [0.5, 0.6) is 0 Å². The summed E-state index contributed by atoms with van der Waals surface area (Å²) in [6.07, 6.45) is 3.21. The van der Waals surface area contributed by atoms with Crippen LogP contribution in [0.3, 0.4) is 0 Å². The third-order valence-corrected chi connectivity index (χ3v) is 9.38. The number of nitrogens with two attached hydrogens (primary N) is 1. The number of nitrogens with one attached hydrogen (secondary N) is 2. The standard InChI is InChI=1S/C25H22ClN5O4S/c1-10-6-13-20(14(26)7-10)29-24(35)25(13)19-18(15(30-25)8-17(28)32)21(33)31(22(19)34)23-12(9-27)11-4-2-3-5-16(11)36-23/h6-7,15,18-19,30H,2-5,8H2,1H3,(H2,28,32)(H,29,35)/t15-,18+,19-,25-/m0/s1. The minimum Gasteiger partial charge on any atom is -0.370 e. The first-order valence-electron chi connectivity index (χ1n) is 11.8. The number of nitriles is 1. The molecule has 0 radical (unpaired) electrons. The second kappa shape index (κ2) is 7.87. The Labute approximate surface area is 215 Å². The third kappa shape index (κ3) is 2.91. The zero-order valence-electron chi connectivity index (χ0n) is 19.3. The van der Waals surface area contributed by atoms with Gasteiger partial charge in [-0.05, 0) is 49.8 Å². The van der Waals surface area contributed by atoms with Crippen LogP contribution in [0.4, 0.5) is 10.7 Å². The molecule has 0 unspecified atom stereocenters. The zero-order valence-corrected chi connectivity index (χ0v) is 20.9. The molecule has 4 atom stereocenters. The Bertz CT molecular complexity index is 1440. The van der Waals surface area contributed by atoms with Crippen molar-refractivity contribution in [1.82, 2.24) is 5.32 Å². The number of fused-ring (bicyclic) bond motifs is 5. The van der Waals surface area contributed by atoms with Crippen LogP contribution in [0.25, 0.3) is 0 Å². The van der Waals surface area contributed by atoms with Crippen LogP contribution < -0.4 is 21.3 Å². The van der Waals surface area contributed by atoms with Crippen molar-refractivity contribution in [2.45, 2.75) is 50.6 Å². The summed E-state index contributed by atoms with van der Waals surface area (Å²) in [6.45, 7) is 1.82. The molecule has 1 aliphatic carbocycles. The zero-order chi connectivity index (χ0) is 25.5. The second-order valence-electron chi connectivity index (χ2n) is 9.87. The molecule has 4 amide bonds. The van der Waals surface area contributed by atoms with Gasteiger partial charge in [-0.1, -0.05) is 17.7 Å². The largest absolute Gasteiger partial charge is 0.370 e. The SMILES string of the molecule is Cc1cc(Cl)c2c(c1)[C@@]1(N[C@@H](CC(N)=O)[C@H]3C(=O)N(c4sc5c(c4C#N)CCCC5)C(=O)[C@H]31)C(=O)N2. The van der Waals surface area contributed by atoms with E-state index in [0.717, 1.165) is 46.6 Å². The van der Waals surface area contributed by atoms with Crippen molar-refractivity contribution in [3.8, 4) is 6.07 Å². The van der Waals surface area contributed by atoms with Gasteiger partial charge in [0.1, 0.15) is 16.6 Å². The Hall–Kier alpha value is -3.26. The fourth-order valence-corrected chi connectivity index (χ4v) is 8.08. The highest BCUT2D eigenvalue weighted by Crippen LogP contribution is 2.56. The Morgan fingerprint density at radius 3 is 2.75 bits per heavy atom. The first-order valence-corrected chi connectivity index (χ1v) is 13.0. The molecule has 9 nitrogen and oxygen atoms in total. The highest BCUT2D eigenvalue weighted by Gasteiger charge is 2.71. The van der Waals surface area contributed by atoms with Gasteiger partial charge in [0.25, 0.3) is 0 Å².